The van der Waals surface area contributed by atoms with Crippen molar-refractivity contribution in [3.63, 3.8) is 0 Å². The molecule has 3 heterocycles. The Balaban J connectivity index is 1.33. The molecule has 3 fully saturated rings. The number of hydrogen-bond donors (Lipinski definition) is 0. The van der Waals surface area contributed by atoms with Gasteiger partial charge in [-0.2, -0.15) is 5.06 Å². The molecule has 3 aliphatic heterocycles. The molecule has 1 spiro atoms. The normalized spacial score (nSPS) is 28.0. The molecular formula is C21H31NO5. The first-order valence-electron chi connectivity index (χ1n) is 10.0. The molecular weight excluding hydrogens is 346 g/mol. The van der Waals surface area contributed by atoms with Gasteiger partial charge in [-0.15, -0.1) is 0 Å². The summed E-state index contributed by atoms with van der Waals surface area (Å²) in [6.45, 7) is 10.3. The van der Waals surface area contributed by atoms with E-state index >= 15 is 0 Å². The molecule has 6 heteroatoms. The van der Waals surface area contributed by atoms with Crippen LogP contribution in [0.4, 0.5) is 0 Å². The highest BCUT2D eigenvalue weighted by molar-refractivity contribution is 5.28. The van der Waals surface area contributed by atoms with Gasteiger partial charge in [0.15, 0.2) is 5.79 Å². The smallest absolute Gasteiger partial charge is 0.171 e. The van der Waals surface area contributed by atoms with Crippen LogP contribution in [0.2, 0.25) is 0 Å². The van der Waals surface area contributed by atoms with Crippen molar-refractivity contribution in [3.8, 4) is 5.75 Å². The van der Waals surface area contributed by atoms with Crippen LogP contribution in [0.15, 0.2) is 24.3 Å². The monoisotopic (exact) mass is 377 g/mol. The minimum absolute atomic E-state index is 0.0349. The Morgan fingerprint density at radius 2 is 1.89 bits per heavy atom. The van der Waals surface area contributed by atoms with E-state index in [0.29, 0.717) is 6.61 Å². The average Bonchev–Trinajstić information content (AvgIpc) is 3.47. The minimum Gasteiger partial charge on any atom is -0.491 e. The third-order valence-corrected chi connectivity index (χ3v) is 5.56. The minimum atomic E-state index is -0.435. The zero-order valence-corrected chi connectivity index (χ0v) is 16.6. The highest BCUT2D eigenvalue weighted by atomic mass is 16.7. The molecule has 2 unspecified atom stereocenters. The molecule has 3 saturated heterocycles. The van der Waals surface area contributed by atoms with E-state index in [9.17, 15) is 0 Å². The van der Waals surface area contributed by atoms with Crippen LogP contribution in [0, 0.1) is 0 Å². The Labute approximate surface area is 161 Å². The molecule has 3 aliphatic rings. The number of benzene rings is 1. The summed E-state index contributed by atoms with van der Waals surface area (Å²) >= 11 is 0. The number of nitrogens with zero attached hydrogens (tertiary/aromatic N) is 1. The summed E-state index contributed by atoms with van der Waals surface area (Å²) in [6.07, 6.45) is 2.86. The average molecular weight is 377 g/mol. The second-order valence-electron chi connectivity index (χ2n) is 8.39. The van der Waals surface area contributed by atoms with E-state index in [2.05, 4.69) is 38.0 Å². The maximum atomic E-state index is 6.34. The third-order valence-electron chi connectivity index (χ3n) is 5.56. The van der Waals surface area contributed by atoms with Gasteiger partial charge in [0.05, 0.1) is 19.8 Å². The van der Waals surface area contributed by atoms with Crippen molar-refractivity contribution in [1.29, 1.82) is 0 Å². The van der Waals surface area contributed by atoms with Crippen LogP contribution >= 0.6 is 0 Å². The molecule has 0 radical (unpaired) electrons. The molecule has 0 aliphatic carbocycles. The molecule has 6 nitrogen and oxygen atoms in total. The van der Waals surface area contributed by atoms with Crippen molar-refractivity contribution < 1.29 is 23.8 Å². The van der Waals surface area contributed by atoms with Gasteiger partial charge in [0.2, 0.25) is 0 Å². The van der Waals surface area contributed by atoms with Crippen LogP contribution < -0.4 is 4.74 Å². The van der Waals surface area contributed by atoms with Crippen molar-refractivity contribution in [1.82, 2.24) is 5.06 Å². The van der Waals surface area contributed by atoms with Gasteiger partial charge >= 0.3 is 0 Å². The van der Waals surface area contributed by atoms with E-state index in [1.54, 1.807) is 0 Å². The molecule has 2 atom stereocenters. The summed E-state index contributed by atoms with van der Waals surface area (Å²) in [5, 5.41) is 2.10. The van der Waals surface area contributed by atoms with Crippen LogP contribution in [0.5, 0.6) is 5.75 Å². The van der Waals surface area contributed by atoms with Crippen LogP contribution in [-0.2, 0) is 19.0 Å². The molecule has 0 aromatic heterocycles. The Kier molecular flexibility index (Phi) is 5.45. The number of piperidine rings is 1. The lowest BCUT2D eigenvalue weighted by molar-refractivity contribution is -0.343. The van der Waals surface area contributed by atoms with Crippen LogP contribution in [0.1, 0.15) is 51.7 Å². The maximum Gasteiger partial charge on any atom is 0.171 e. The summed E-state index contributed by atoms with van der Waals surface area (Å²) in [6, 6.07) is 8.13. The number of hydroxylamine groups is 2. The maximum absolute atomic E-state index is 6.34. The first-order chi connectivity index (χ1) is 13.0. The van der Waals surface area contributed by atoms with Gasteiger partial charge in [0.25, 0.3) is 0 Å². The summed E-state index contributed by atoms with van der Waals surface area (Å²) < 4.78 is 22.9. The molecule has 27 heavy (non-hydrogen) atoms. The molecule has 0 bridgehead atoms. The number of rotatable bonds is 6. The Bertz CT molecular complexity index is 622. The van der Waals surface area contributed by atoms with Gasteiger partial charge in [0, 0.05) is 24.9 Å². The van der Waals surface area contributed by atoms with Crippen molar-refractivity contribution >= 4 is 0 Å². The lowest BCUT2D eigenvalue weighted by atomic mass is 9.87. The fourth-order valence-corrected chi connectivity index (χ4v) is 3.91. The largest absolute Gasteiger partial charge is 0.491 e. The molecule has 150 valence electrons. The molecule has 0 amide bonds. The summed E-state index contributed by atoms with van der Waals surface area (Å²) in [7, 11) is 0. The summed E-state index contributed by atoms with van der Waals surface area (Å²) in [5.41, 5.74) is 0.975. The van der Waals surface area contributed by atoms with E-state index in [0.717, 1.165) is 56.9 Å². The van der Waals surface area contributed by atoms with Crippen LogP contribution in [-0.4, -0.2) is 55.5 Å². The first kappa shape index (κ1) is 19.2. The van der Waals surface area contributed by atoms with Gasteiger partial charge in [-0.3, -0.25) is 4.84 Å². The van der Waals surface area contributed by atoms with Crippen molar-refractivity contribution in [2.45, 2.75) is 63.6 Å². The number of ether oxygens (including phenoxy) is 4. The number of hydrogen-bond acceptors (Lipinski definition) is 6. The Hall–Kier alpha value is -1.18. The molecule has 4 rings (SSSR count). The third kappa shape index (κ3) is 4.63. The first-order valence-corrected chi connectivity index (χ1v) is 10.0. The fraction of sp³-hybridized carbons (Fsp3) is 0.714. The van der Waals surface area contributed by atoms with Gasteiger partial charge in [-0.25, -0.2) is 0 Å². The van der Waals surface area contributed by atoms with Gasteiger partial charge in [0.1, 0.15) is 24.6 Å². The Morgan fingerprint density at radius 3 is 2.52 bits per heavy atom. The highest BCUT2D eigenvalue weighted by Crippen LogP contribution is 2.40. The van der Waals surface area contributed by atoms with Crippen LogP contribution in [0.25, 0.3) is 0 Å². The van der Waals surface area contributed by atoms with E-state index in [-0.39, 0.29) is 17.7 Å². The highest BCUT2D eigenvalue weighted by Gasteiger charge is 2.48. The zero-order valence-electron chi connectivity index (χ0n) is 16.6. The van der Waals surface area contributed by atoms with Crippen molar-refractivity contribution in [3.05, 3.63) is 29.8 Å². The van der Waals surface area contributed by atoms with Crippen molar-refractivity contribution in [2.24, 2.45) is 0 Å². The number of epoxide rings is 1. The second-order valence-corrected chi connectivity index (χ2v) is 8.39. The van der Waals surface area contributed by atoms with E-state index in [4.69, 9.17) is 23.8 Å². The predicted octanol–water partition coefficient (Wildman–Crippen LogP) is 3.46. The van der Waals surface area contributed by atoms with E-state index < -0.39 is 5.79 Å². The summed E-state index contributed by atoms with van der Waals surface area (Å²) in [4.78, 5) is 6.34. The van der Waals surface area contributed by atoms with Crippen LogP contribution in [0.3, 0.4) is 0 Å². The lowest BCUT2D eigenvalue weighted by Gasteiger charge is -2.51. The van der Waals surface area contributed by atoms with Gasteiger partial charge in [-0.05, 0) is 44.9 Å². The molecule has 0 N–H and O–H groups in total. The molecule has 0 saturated carbocycles. The second kappa shape index (κ2) is 7.68. The zero-order chi connectivity index (χ0) is 18.9. The van der Waals surface area contributed by atoms with Crippen molar-refractivity contribution in [2.75, 3.05) is 33.0 Å². The van der Waals surface area contributed by atoms with E-state index in [1.807, 2.05) is 12.1 Å². The van der Waals surface area contributed by atoms with Gasteiger partial charge in [-0.1, -0.05) is 12.1 Å². The van der Waals surface area contributed by atoms with Gasteiger partial charge < -0.3 is 18.9 Å². The molecule has 1 aromatic rings. The lowest BCUT2D eigenvalue weighted by Crippen LogP contribution is -2.59. The van der Waals surface area contributed by atoms with E-state index in [1.165, 1.54) is 0 Å². The molecule has 1 aromatic carbocycles. The fourth-order valence-electron chi connectivity index (χ4n) is 3.91. The topological polar surface area (TPSA) is 52.7 Å². The predicted molar refractivity (Wildman–Crippen MR) is 100 cm³/mol. The quantitative estimate of drug-likeness (QED) is 0.708. The summed E-state index contributed by atoms with van der Waals surface area (Å²) in [5.74, 6) is 0.433. The Morgan fingerprint density at radius 1 is 1.19 bits per heavy atom. The standard InChI is InChI=1S/C21H31NO5/c1-16(17-5-7-18(8-6-17)23-13-19-14-24-19)27-22-10-9-21(15-20(22,2)3)25-11-4-12-26-21/h5-8,16,19H,4,9-15H2,1-3H3. The SMILES string of the molecule is CC(ON1CCC2(CC1(C)C)OCCCO2)c1ccc(OCC2CO2)cc1.